The number of esters is 1. The van der Waals surface area contributed by atoms with Crippen LogP contribution < -0.4 is 15.2 Å². The molecule has 0 saturated carbocycles. The zero-order valence-corrected chi connectivity index (χ0v) is 27.5. The van der Waals surface area contributed by atoms with Crippen molar-refractivity contribution < 1.29 is 28.1 Å². The second-order valence-electron chi connectivity index (χ2n) is 12.9. The van der Waals surface area contributed by atoms with Crippen LogP contribution in [-0.2, 0) is 27.1 Å². The van der Waals surface area contributed by atoms with Crippen LogP contribution in [0.25, 0.3) is 22.3 Å². The molecule has 0 fully saturated rings. The molecule has 0 spiro atoms. The Bertz CT molecular complexity index is 1680. The summed E-state index contributed by atoms with van der Waals surface area (Å²) in [7, 11) is 0. The molecule has 1 unspecified atom stereocenters. The summed E-state index contributed by atoms with van der Waals surface area (Å²) in [6.07, 6.45) is 1.07. The van der Waals surface area contributed by atoms with Gasteiger partial charge >= 0.3 is 5.97 Å². The molecule has 2 heterocycles. The van der Waals surface area contributed by atoms with Crippen LogP contribution in [0.2, 0.25) is 0 Å². The fourth-order valence-electron chi connectivity index (χ4n) is 5.70. The maximum absolute atomic E-state index is 13.7. The number of nitrogens with two attached hydrogens (primary N) is 1. The standard InChI is InChI=1S/C38H43FN2O5/c1-23(2)45-37(42)35(46-38(4,5)6)32-24(3)41-36(40)34(33(32)28-13-18-31-27(22-28)8-7-20-44-31)26-11-16-30(17-12-26)43-21-19-25-9-14-29(39)15-10-25/h9-18,22-23,35H,7-8,19-21H2,1-6H3,(H2,40,41). The maximum atomic E-state index is 13.7. The Hall–Kier alpha value is -4.43. The summed E-state index contributed by atoms with van der Waals surface area (Å²) in [5, 5.41) is 0. The summed E-state index contributed by atoms with van der Waals surface area (Å²) in [5.74, 6) is 1.14. The zero-order valence-electron chi connectivity index (χ0n) is 27.5. The average Bonchev–Trinajstić information content (AvgIpc) is 3.00. The molecule has 1 atom stereocenters. The van der Waals surface area contributed by atoms with Gasteiger partial charge in [-0.1, -0.05) is 30.3 Å². The van der Waals surface area contributed by atoms with Gasteiger partial charge in [0, 0.05) is 28.8 Å². The second-order valence-corrected chi connectivity index (χ2v) is 12.9. The van der Waals surface area contributed by atoms with Gasteiger partial charge in [-0.05, 0) is 113 Å². The van der Waals surface area contributed by atoms with Gasteiger partial charge in [0.05, 0.1) is 24.9 Å². The summed E-state index contributed by atoms with van der Waals surface area (Å²) in [4.78, 5) is 18.5. The molecular weight excluding hydrogens is 583 g/mol. The van der Waals surface area contributed by atoms with Crippen molar-refractivity contribution in [2.45, 2.75) is 78.6 Å². The number of pyridine rings is 1. The van der Waals surface area contributed by atoms with Crippen LogP contribution in [0.5, 0.6) is 11.5 Å². The molecule has 8 heteroatoms. The number of fused-ring (bicyclic) bond motifs is 1. The van der Waals surface area contributed by atoms with Gasteiger partial charge in [-0.2, -0.15) is 0 Å². The third-order valence-corrected chi connectivity index (χ3v) is 7.67. The van der Waals surface area contributed by atoms with E-state index in [0.717, 1.165) is 46.4 Å². The second kappa shape index (κ2) is 13.9. The minimum atomic E-state index is -1.05. The molecule has 242 valence electrons. The van der Waals surface area contributed by atoms with E-state index in [9.17, 15) is 9.18 Å². The van der Waals surface area contributed by atoms with E-state index in [-0.39, 0.29) is 11.9 Å². The van der Waals surface area contributed by atoms with E-state index in [1.54, 1.807) is 12.1 Å². The maximum Gasteiger partial charge on any atom is 0.340 e. The van der Waals surface area contributed by atoms with Gasteiger partial charge in [-0.15, -0.1) is 0 Å². The number of nitrogen functional groups attached to an aromatic ring is 1. The predicted octanol–water partition coefficient (Wildman–Crippen LogP) is 8.20. The molecule has 0 amide bonds. The first kappa shape index (κ1) is 32.9. The zero-order chi connectivity index (χ0) is 33.0. The molecular formula is C38H43FN2O5. The van der Waals surface area contributed by atoms with Gasteiger partial charge in [-0.25, -0.2) is 14.2 Å². The minimum absolute atomic E-state index is 0.260. The number of anilines is 1. The number of nitrogens with zero attached hydrogens (tertiary/aromatic N) is 1. The van der Waals surface area contributed by atoms with Gasteiger partial charge in [0.2, 0.25) is 0 Å². The number of rotatable bonds is 10. The van der Waals surface area contributed by atoms with Gasteiger partial charge in [-0.3, -0.25) is 0 Å². The Labute approximate surface area is 270 Å². The van der Waals surface area contributed by atoms with Gasteiger partial charge in [0.15, 0.2) is 6.10 Å². The fourth-order valence-corrected chi connectivity index (χ4v) is 5.70. The van der Waals surface area contributed by atoms with Gasteiger partial charge in [0.25, 0.3) is 0 Å². The molecule has 46 heavy (non-hydrogen) atoms. The summed E-state index contributed by atoms with van der Waals surface area (Å²) in [6, 6.07) is 20.2. The van der Waals surface area contributed by atoms with E-state index in [1.807, 2.05) is 77.9 Å². The third-order valence-electron chi connectivity index (χ3n) is 7.67. The van der Waals surface area contributed by atoms with Crippen LogP contribution >= 0.6 is 0 Å². The van der Waals surface area contributed by atoms with E-state index < -0.39 is 17.7 Å². The molecule has 3 aromatic carbocycles. The molecule has 0 saturated heterocycles. The Balaban J connectivity index is 1.60. The molecule has 5 rings (SSSR count). The van der Waals surface area contributed by atoms with E-state index in [1.165, 1.54) is 12.1 Å². The summed E-state index contributed by atoms with van der Waals surface area (Å²) in [5.41, 5.74) is 12.5. The highest BCUT2D eigenvalue weighted by molar-refractivity contribution is 5.95. The Morgan fingerprint density at radius 1 is 1.00 bits per heavy atom. The highest BCUT2D eigenvalue weighted by atomic mass is 19.1. The number of benzene rings is 3. The van der Waals surface area contributed by atoms with Gasteiger partial charge in [0.1, 0.15) is 23.1 Å². The van der Waals surface area contributed by atoms with Crippen LogP contribution in [0.3, 0.4) is 0 Å². The van der Waals surface area contributed by atoms with Crippen molar-refractivity contribution in [1.82, 2.24) is 4.98 Å². The Morgan fingerprint density at radius 3 is 2.37 bits per heavy atom. The van der Waals surface area contributed by atoms with Crippen molar-refractivity contribution in [3.8, 4) is 33.8 Å². The van der Waals surface area contributed by atoms with E-state index >= 15 is 0 Å². The predicted molar refractivity (Wildman–Crippen MR) is 178 cm³/mol. The average molecular weight is 627 g/mol. The first-order valence-electron chi connectivity index (χ1n) is 15.8. The summed E-state index contributed by atoms with van der Waals surface area (Å²) in [6.45, 7) is 12.3. The minimum Gasteiger partial charge on any atom is -0.493 e. The van der Waals surface area contributed by atoms with Crippen LogP contribution in [-0.4, -0.2) is 35.9 Å². The Morgan fingerprint density at radius 2 is 1.70 bits per heavy atom. The SMILES string of the molecule is Cc1nc(N)c(-c2ccc(OCCc3ccc(F)cc3)cc2)c(-c2ccc3c(c2)CCCO3)c1C(OC(C)(C)C)C(=O)OC(C)C. The smallest absolute Gasteiger partial charge is 0.340 e. The van der Waals surface area contributed by atoms with Crippen LogP contribution in [0.15, 0.2) is 66.7 Å². The number of hydrogen-bond donors (Lipinski definition) is 1. The number of aryl methyl sites for hydroxylation is 2. The molecule has 4 aromatic rings. The normalized spacial score (nSPS) is 13.6. The number of aromatic nitrogens is 1. The topological polar surface area (TPSA) is 92.9 Å². The Kier molecular flexibility index (Phi) is 9.97. The van der Waals surface area contributed by atoms with Crippen molar-refractivity contribution in [2.75, 3.05) is 18.9 Å². The summed E-state index contributed by atoms with van der Waals surface area (Å²) < 4.78 is 37.4. The molecule has 7 nitrogen and oxygen atoms in total. The lowest BCUT2D eigenvalue weighted by atomic mass is 9.86. The lowest BCUT2D eigenvalue weighted by Gasteiger charge is -2.30. The van der Waals surface area contributed by atoms with E-state index in [4.69, 9.17) is 29.7 Å². The quantitative estimate of drug-likeness (QED) is 0.177. The van der Waals surface area contributed by atoms with Crippen molar-refractivity contribution in [2.24, 2.45) is 0 Å². The summed E-state index contributed by atoms with van der Waals surface area (Å²) >= 11 is 0. The van der Waals surface area contributed by atoms with Gasteiger partial charge < -0.3 is 24.7 Å². The largest absolute Gasteiger partial charge is 0.493 e. The number of carbonyl (C=O) groups excluding carboxylic acids is 1. The van der Waals surface area contributed by atoms with Crippen LogP contribution in [0.1, 0.15) is 69.5 Å². The molecule has 1 aromatic heterocycles. The number of ether oxygens (including phenoxy) is 4. The third kappa shape index (κ3) is 7.85. The molecule has 0 radical (unpaired) electrons. The lowest BCUT2D eigenvalue weighted by Crippen LogP contribution is -2.31. The van der Waals surface area contributed by atoms with Crippen molar-refractivity contribution in [1.29, 1.82) is 0 Å². The van der Waals surface area contributed by atoms with Crippen molar-refractivity contribution in [3.63, 3.8) is 0 Å². The first-order valence-corrected chi connectivity index (χ1v) is 15.8. The molecule has 0 bridgehead atoms. The molecule has 1 aliphatic rings. The van der Waals surface area contributed by atoms with Crippen molar-refractivity contribution >= 4 is 11.8 Å². The fraction of sp³-hybridized carbons (Fsp3) is 0.368. The highest BCUT2D eigenvalue weighted by Crippen LogP contribution is 2.45. The van der Waals surface area contributed by atoms with Crippen molar-refractivity contribution in [3.05, 3.63) is 94.9 Å². The molecule has 0 aliphatic carbocycles. The molecule has 1 aliphatic heterocycles. The first-order chi connectivity index (χ1) is 21.9. The number of carbonyl (C=O) groups is 1. The van der Waals surface area contributed by atoms with E-state index in [0.29, 0.717) is 48.0 Å². The van der Waals surface area contributed by atoms with Crippen LogP contribution in [0, 0.1) is 12.7 Å². The monoisotopic (exact) mass is 626 g/mol. The number of halogens is 1. The highest BCUT2D eigenvalue weighted by Gasteiger charge is 2.35. The van der Waals surface area contributed by atoms with Crippen LogP contribution in [0.4, 0.5) is 10.2 Å². The lowest BCUT2D eigenvalue weighted by molar-refractivity contribution is -0.171. The molecule has 2 N–H and O–H groups in total. The number of hydrogen-bond acceptors (Lipinski definition) is 7. The van der Waals surface area contributed by atoms with E-state index in [2.05, 4.69) is 6.07 Å².